The Labute approximate surface area is 295 Å². The Kier molecular flexibility index (Phi) is 9.48. The zero-order valence-corrected chi connectivity index (χ0v) is 29.0. The second-order valence-electron chi connectivity index (χ2n) is 12.1. The summed E-state index contributed by atoms with van der Waals surface area (Å²) in [7, 11) is 0. The third-order valence-corrected chi connectivity index (χ3v) is 9.15. The lowest BCUT2D eigenvalue weighted by Gasteiger charge is -2.14. The van der Waals surface area contributed by atoms with Gasteiger partial charge in [0.25, 0.3) is 0 Å². The van der Waals surface area contributed by atoms with Crippen molar-refractivity contribution in [1.29, 1.82) is 0 Å². The molecule has 2 aromatic heterocycles. The van der Waals surface area contributed by atoms with E-state index in [9.17, 15) is 0 Å². The average Bonchev–Trinajstić information content (AvgIpc) is 3.54. The van der Waals surface area contributed by atoms with Gasteiger partial charge in [-0.05, 0) is 72.0 Å². The summed E-state index contributed by atoms with van der Waals surface area (Å²) < 4.78 is 2.46. The van der Waals surface area contributed by atoms with Gasteiger partial charge >= 0.3 is 0 Å². The summed E-state index contributed by atoms with van der Waals surface area (Å²) in [6.45, 7) is 10.0. The highest BCUT2D eigenvalue weighted by atomic mass is 15.0. The first-order chi connectivity index (χ1) is 24.7. The molecule has 0 N–H and O–H groups in total. The fourth-order valence-electron chi connectivity index (χ4n) is 6.91. The van der Waals surface area contributed by atoms with Gasteiger partial charge in [0, 0.05) is 39.0 Å². The topological polar surface area (TPSA) is 30.7 Å². The van der Waals surface area contributed by atoms with Crippen molar-refractivity contribution in [1.82, 2.24) is 14.5 Å². The summed E-state index contributed by atoms with van der Waals surface area (Å²) in [5, 5.41) is 3.82. The van der Waals surface area contributed by atoms with Crippen LogP contribution in [0.5, 0.6) is 0 Å². The highest BCUT2D eigenvalue weighted by Gasteiger charge is 2.21. The molecule has 0 aliphatic heterocycles. The van der Waals surface area contributed by atoms with Gasteiger partial charge in [-0.1, -0.05) is 148 Å². The predicted octanol–water partition coefficient (Wildman–Crippen LogP) is 12.7. The van der Waals surface area contributed by atoms with E-state index in [-0.39, 0.29) is 0 Å². The summed E-state index contributed by atoms with van der Waals surface area (Å²) >= 11 is 0. The molecule has 2 heterocycles. The molecule has 0 radical (unpaired) electrons. The number of allylic oxidation sites excluding steroid dienone is 6. The van der Waals surface area contributed by atoms with Crippen LogP contribution in [0.1, 0.15) is 44.0 Å². The summed E-state index contributed by atoms with van der Waals surface area (Å²) in [5.74, 6) is 0.722. The molecule has 0 bridgehead atoms. The quantitative estimate of drug-likeness (QED) is 0.161. The Morgan fingerprint density at radius 2 is 1.40 bits per heavy atom. The van der Waals surface area contributed by atoms with Crippen LogP contribution in [-0.4, -0.2) is 14.5 Å². The van der Waals surface area contributed by atoms with Crippen LogP contribution in [0.15, 0.2) is 158 Å². The van der Waals surface area contributed by atoms with Crippen molar-refractivity contribution in [2.75, 3.05) is 0 Å². The molecule has 0 atom stereocenters. The molecule has 0 unspecified atom stereocenters. The fourth-order valence-corrected chi connectivity index (χ4v) is 6.91. The van der Waals surface area contributed by atoms with Crippen LogP contribution in [0, 0.1) is 0 Å². The van der Waals surface area contributed by atoms with Crippen LogP contribution < -0.4 is 0 Å². The monoisotopic (exact) mass is 647 g/mol. The zero-order chi connectivity index (χ0) is 34.5. The van der Waals surface area contributed by atoms with Crippen molar-refractivity contribution < 1.29 is 0 Å². The molecule has 0 amide bonds. The van der Waals surface area contributed by atoms with Gasteiger partial charge in [-0.15, -0.1) is 0 Å². The first-order valence-corrected chi connectivity index (χ1v) is 17.5. The van der Waals surface area contributed by atoms with Gasteiger partial charge < -0.3 is 4.57 Å². The molecule has 1 aliphatic rings. The number of fused-ring (bicyclic) bond motifs is 5. The Balaban J connectivity index is 0.00000193. The largest absolute Gasteiger partial charge is 0.313 e. The normalized spacial score (nSPS) is 12.6. The van der Waals surface area contributed by atoms with Crippen molar-refractivity contribution in [3.8, 4) is 39.6 Å². The molecule has 0 fully saturated rings. The number of nitrogens with zero attached hydrogens (tertiary/aromatic N) is 3. The summed E-state index contributed by atoms with van der Waals surface area (Å²) in [6, 6.07) is 42.8. The Morgan fingerprint density at radius 3 is 2.08 bits per heavy atom. The third kappa shape index (κ3) is 6.15. The third-order valence-electron chi connectivity index (χ3n) is 9.15. The van der Waals surface area contributed by atoms with Crippen LogP contribution in [0.25, 0.3) is 72.9 Å². The molecule has 1 aliphatic carbocycles. The van der Waals surface area contributed by atoms with Crippen LogP contribution in [-0.2, 0) is 6.42 Å². The lowest BCUT2D eigenvalue weighted by molar-refractivity contribution is 0.888. The highest BCUT2D eigenvalue weighted by molar-refractivity contribution is 6.13. The fraction of sp³-hybridized carbons (Fsp3) is 0.106. The van der Waals surface area contributed by atoms with Gasteiger partial charge in [-0.25, -0.2) is 9.97 Å². The summed E-state index contributed by atoms with van der Waals surface area (Å²) in [4.78, 5) is 10.0. The second-order valence-corrected chi connectivity index (χ2v) is 12.1. The van der Waals surface area contributed by atoms with E-state index in [1.54, 1.807) is 0 Å². The van der Waals surface area contributed by atoms with Gasteiger partial charge in [0.1, 0.15) is 0 Å². The van der Waals surface area contributed by atoms with E-state index in [1.807, 2.05) is 44.2 Å². The smallest absolute Gasteiger partial charge is 0.160 e. The minimum Gasteiger partial charge on any atom is -0.313 e. The molecule has 0 saturated heterocycles. The predicted molar refractivity (Wildman–Crippen MR) is 214 cm³/mol. The number of hydrogen-bond acceptors (Lipinski definition) is 2. The van der Waals surface area contributed by atoms with E-state index in [1.165, 1.54) is 38.5 Å². The molecule has 0 saturated carbocycles. The summed E-state index contributed by atoms with van der Waals surface area (Å²) in [5.41, 5.74) is 12.3. The van der Waals surface area contributed by atoms with Crippen LogP contribution in [0.3, 0.4) is 0 Å². The van der Waals surface area contributed by atoms with E-state index >= 15 is 0 Å². The van der Waals surface area contributed by atoms with E-state index in [2.05, 4.69) is 146 Å². The molecule has 8 rings (SSSR count). The van der Waals surface area contributed by atoms with Gasteiger partial charge in [0.15, 0.2) is 5.82 Å². The molecule has 3 nitrogen and oxygen atoms in total. The lowest BCUT2D eigenvalue weighted by atomic mass is 9.95. The molecule has 5 aromatic carbocycles. The number of aromatic nitrogens is 3. The van der Waals surface area contributed by atoms with Gasteiger partial charge in [-0.3, -0.25) is 0 Å². The standard InChI is InChI=1S/C45H35N3.C2H6/c1-3-13-31(14-4-2)36-22-21-32-25-28-43-44(39(32)29-36)38-19-11-12-20-42(38)48(43)37-26-23-34(24-27-37)41-30-40(33-15-7-5-8-16-33)46-45(47-41)35-17-9-6-10-18-35;1-2/h3-11,13-19,21-30H,1,12,20H2,2H3;1-2H3/b14-4-,31-13+;. The molecule has 0 spiro atoms. The van der Waals surface area contributed by atoms with Crippen LogP contribution in [0.4, 0.5) is 0 Å². The average molecular weight is 648 g/mol. The molecular formula is C47H41N3. The minimum atomic E-state index is 0.722. The van der Waals surface area contributed by atoms with E-state index in [0.717, 1.165) is 58.0 Å². The van der Waals surface area contributed by atoms with Crippen molar-refractivity contribution in [2.24, 2.45) is 0 Å². The Hall–Kier alpha value is -6.06. The number of rotatable bonds is 7. The van der Waals surface area contributed by atoms with Gasteiger partial charge in [0.2, 0.25) is 0 Å². The summed E-state index contributed by atoms with van der Waals surface area (Å²) in [6.07, 6.45) is 14.8. The Bertz CT molecular complexity index is 2330. The minimum absolute atomic E-state index is 0.722. The van der Waals surface area contributed by atoms with Crippen molar-refractivity contribution in [3.63, 3.8) is 0 Å². The first-order valence-electron chi connectivity index (χ1n) is 17.5. The van der Waals surface area contributed by atoms with Crippen LogP contribution in [0.2, 0.25) is 0 Å². The second kappa shape index (κ2) is 14.6. The van der Waals surface area contributed by atoms with E-state index < -0.39 is 0 Å². The zero-order valence-electron chi connectivity index (χ0n) is 29.0. The number of benzene rings is 5. The molecule has 50 heavy (non-hydrogen) atoms. The van der Waals surface area contributed by atoms with Crippen molar-refractivity contribution in [3.05, 3.63) is 175 Å². The maximum atomic E-state index is 5.05. The van der Waals surface area contributed by atoms with E-state index in [0.29, 0.717) is 0 Å². The van der Waals surface area contributed by atoms with E-state index in [4.69, 9.17) is 9.97 Å². The molecular weight excluding hydrogens is 607 g/mol. The Morgan fingerprint density at radius 1 is 0.740 bits per heavy atom. The highest BCUT2D eigenvalue weighted by Crippen LogP contribution is 2.39. The molecule has 7 aromatic rings. The SMILES string of the molecule is C=C/C=C(\C=C/C)c1ccc2ccc3c(c4c(n3-c3ccc(-c5cc(-c6ccccc6)nc(-c6ccccc6)n5)cc3)CCC=C4)c2c1.CC. The van der Waals surface area contributed by atoms with Crippen molar-refractivity contribution in [2.45, 2.75) is 33.6 Å². The van der Waals surface area contributed by atoms with Crippen molar-refractivity contribution >= 4 is 33.3 Å². The van der Waals surface area contributed by atoms with Crippen LogP contribution >= 0.6 is 0 Å². The molecule has 3 heteroatoms. The first kappa shape index (κ1) is 32.5. The van der Waals surface area contributed by atoms with Gasteiger partial charge in [-0.2, -0.15) is 0 Å². The molecule has 244 valence electrons. The maximum absolute atomic E-state index is 5.05. The lowest BCUT2D eigenvalue weighted by Crippen LogP contribution is -2.03. The maximum Gasteiger partial charge on any atom is 0.160 e. The number of hydrogen-bond donors (Lipinski definition) is 0. The van der Waals surface area contributed by atoms with Gasteiger partial charge in [0.05, 0.1) is 16.9 Å².